The number of azo groups is 1. The molecule has 2 nitrogen and oxygen atoms in total. The molecule has 1 atom stereocenters. The summed E-state index contributed by atoms with van der Waals surface area (Å²) in [6.07, 6.45) is 0. The Morgan fingerprint density at radius 2 is 1.92 bits per heavy atom. The lowest BCUT2D eigenvalue weighted by atomic mass is 10.2. The van der Waals surface area contributed by atoms with Crippen LogP contribution in [0, 0.1) is 0 Å². The second-order valence-electron chi connectivity index (χ2n) is 2.20. The van der Waals surface area contributed by atoms with E-state index in [4.69, 9.17) is 11.6 Å². The molecule has 0 aromatic heterocycles. The first-order chi connectivity index (χ1) is 5.74. The van der Waals surface area contributed by atoms with Crippen LogP contribution >= 0.6 is 27.5 Å². The van der Waals surface area contributed by atoms with Gasteiger partial charge in [-0.2, -0.15) is 10.2 Å². The molecular formula is C8H8BrClN2. The molecule has 0 aliphatic heterocycles. The summed E-state index contributed by atoms with van der Waals surface area (Å²) in [7, 11) is 1.64. The molecule has 1 aromatic carbocycles. The first-order valence-electron chi connectivity index (χ1n) is 3.42. The van der Waals surface area contributed by atoms with Crippen LogP contribution in [0.5, 0.6) is 0 Å². The Bertz CT molecular complexity index is 271. The van der Waals surface area contributed by atoms with E-state index in [-0.39, 0.29) is 4.95 Å². The zero-order chi connectivity index (χ0) is 8.97. The number of hydrogen-bond acceptors (Lipinski definition) is 2. The summed E-state index contributed by atoms with van der Waals surface area (Å²) in [6, 6.07) is 7.49. The van der Waals surface area contributed by atoms with E-state index in [1.54, 1.807) is 7.05 Å². The largest absolute Gasteiger partial charge is 0.196 e. The molecule has 0 N–H and O–H groups in total. The maximum Gasteiger partial charge on any atom is 0.150 e. The highest BCUT2D eigenvalue weighted by molar-refractivity contribution is 9.09. The first kappa shape index (κ1) is 9.68. The Morgan fingerprint density at radius 3 is 2.42 bits per heavy atom. The van der Waals surface area contributed by atoms with Crippen molar-refractivity contribution in [1.29, 1.82) is 0 Å². The van der Waals surface area contributed by atoms with E-state index in [9.17, 15) is 0 Å². The summed E-state index contributed by atoms with van der Waals surface area (Å²) in [4.78, 5) is -0.0697. The predicted molar refractivity (Wildman–Crippen MR) is 53.9 cm³/mol. The molecule has 0 heterocycles. The third kappa shape index (κ3) is 2.57. The van der Waals surface area contributed by atoms with E-state index in [1.807, 2.05) is 24.3 Å². The lowest BCUT2D eigenvalue weighted by molar-refractivity contribution is 0.925. The van der Waals surface area contributed by atoms with E-state index in [2.05, 4.69) is 26.2 Å². The van der Waals surface area contributed by atoms with Gasteiger partial charge in [-0.05, 0) is 17.7 Å². The standard InChI is InChI=1S/C8H8BrClN2/c1-11-12-8(9)6-2-4-7(10)5-3-6/h2-5,8H,1H3. The van der Waals surface area contributed by atoms with Crippen LogP contribution in [0.15, 0.2) is 34.5 Å². The Balaban J connectivity index is 2.82. The number of halogens is 2. The van der Waals surface area contributed by atoms with Crippen LogP contribution in [0.3, 0.4) is 0 Å². The third-order valence-corrected chi connectivity index (χ3v) is 2.33. The van der Waals surface area contributed by atoms with Gasteiger partial charge in [-0.3, -0.25) is 0 Å². The molecule has 12 heavy (non-hydrogen) atoms. The van der Waals surface area contributed by atoms with Gasteiger partial charge in [0.05, 0.1) is 0 Å². The second-order valence-corrected chi connectivity index (χ2v) is 3.51. The van der Waals surface area contributed by atoms with Crippen molar-refractivity contribution in [2.45, 2.75) is 4.95 Å². The van der Waals surface area contributed by atoms with Gasteiger partial charge in [0.1, 0.15) is 0 Å². The van der Waals surface area contributed by atoms with Gasteiger partial charge >= 0.3 is 0 Å². The number of benzene rings is 1. The summed E-state index contributed by atoms with van der Waals surface area (Å²) in [5.74, 6) is 0. The molecule has 0 amide bonds. The second kappa shape index (κ2) is 4.58. The average Bonchev–Trinajstić information content (AvgIpc) is 2.06. The molecule has 0 bridgehead atoms. The van der Waals surface area contributed by atoms with Crippen molar-refractivity contribution in [2.24, 2.45) is 10.2 Å². The van der Waals surface area contributed by atoms with E-state index >= 15 is 0 Å². The molecule has 1 unspecified atom stereocenters. The molecule has 0 radical (unpaired) electrons. The Labute approximate surface area is 84.8 Å². The van der Waals surface area contributed by atoms with E-state index in [0.29, 0.717) is 0 Å². The fourth-order valence-corrected chi connectivity index (χ4v) is 1.40. The molecule has 0 saturated carbocycles. The highest BCUT2D eigenvalue weighted by Crippen LogP contribution is 2.25. The Morgan fingerprint density at radius 1 is 1.33 bits per heavy atom. The van der Waals surface area contributed by atoms with Gasteiger partial charge in [0.25, 0.3) is 0 Å². The smallest absolute Gasteiger partial charge is 0.150 e. The van der Waals surface area contributed by atoms with Crippen molar-refractivity contribution in [1.82, 2.24) is 0 Å². The van der Waals surface area contributed by atoms with Crippen molar-refractivity contribution in [3.63, 3.8) is 0 Å². The molecule has 0 fully saturated rings. The normalized spacial score (nSPS) is 13.6. The lowest BCUT2D eigenvalue weighted by Gasteiger charge is -2.02. The van der Waals surface area contributed by atoms with Crippen LogP contribution < -0.4 is 0 Å². The molecular weight excluding hydrogens is 239 g/mol. The molecule has 1 aromatic rings. The SMILES string of the molecule is CN=NC(Br)c1ccc(Cl)cc1. The monoisotopic (exact) mass is 246 g/mol. The van der Waals surface area contributed by atoms with Gasteiger partial charge in [-0.15, -0.1) is 0 Å². The van der Waals surface area contributed by atoms with E-state index in [0.717, 1.165) is 10.6 Å². The maximum absolute atomic E-state index is 5.72. The summed E-state index contributed by atoms with van der Waals surface area (Å²) >= 11 is 9.09. The first-order valence-corrected chi connectivity index (χ1v) is 4.72. The quantitative estimate of drug-likeness (QED) is 0.431. The molecule has 1 rings (SSSR count). The molecule has 0 aliphatic rings. The summed E-state index contributed by atoms with van der Waals surface area (Å²) < 4.78 is 0. The number of alkyl halides is 1. The highest BCUT2D eigenvalue weighted by Gasteiger charge is 2.03. The molecule has 0 saturated heterocycles. The van der Waals surface area contributed by atoms with Crippen molar-refractivity contribution < 1.29 is 0 Å². The number of nitrogens with zero attached hydrogens (tertiary/aromatic N) is 2. The Kier molecular flexibility index (Phi) is 3.69. The minimum absolute atomic E-state index is 0.0697. The van der Waals surface area contributed by atoms with Crippen molar-refractivity contribution in [2.75, 3.05) is 7.05 Å². The van der Waals surface area contributed by atoms with Gasteiger partial charge in [0, 0.05) is 12.1 Å². The summed E-state index contributed by atoms with van der Waals surface area (Å²) in [6.45, 7) is 0. The minimum Gasteiger partial charge on any atom is -0.196 e. The fraction of sp³-hybridized carbons (Fsp3) is 0.250. The van der Waals surface area contributed by atoms with Gasteiger partial charge in [-0.1, -0.05) is 39.7 Å². The minimum atomic E-state index is -0.0697. The van der Waals surface area contributed by atoms with Crippen molar-refractivity contribution in [3.8, 4) is 0 Å². The molecule has 4 heteroatoms. The van der Waals surface area contributed by atoms with Crippen LogP contribution in [0.1, 0.15) is 10.5 Å². The van der Waals surface area contributed by atoms with Gasteiger partial charge in [0.2, 0.25) is 0 Å². The van der Waals surface area contributed by atoms with Crippen LogP contribution in [0.2, 0.25) is 5.02 Å². The van der Waals surface area contributed by atoms with Crippen LogP contribution in [0.4, 0.5) is 0 Å². The Hall–Kier alpha value is -0.410. The molecule has 64 valence electrons. The average molecular weight is 248 g/mol. The van der Waals surface area contributed by atoms with Crippen LogP contribution in [-0.2, 0) is 0 Å². The summed E-state index contributed by atoms with van der Waals surface area (Å²) in [5, 5.41) is 8.33. The topological polar surface area (TPSA) is 24.7 Å². The highest BCUT2D eigenvalue weighted by atomic mass is 79.9. The van der Waals surface area contributed by atoms with E-state index < -0.39 is 0 Å². The zero-order valence-electron chi connectivity index (χ0n) is 6.54. The van der Waals surface area contributed by atoms with Gasteiger partial charge in [-0.25, -0.2) is 0 Å². The fourth-order valence-electron chi connectivity index (χ4n) is 0.790. The maximum atomic E-state index is 5.72. The van der Waals surface area contributed by atoms with Gasteiger partial charge in [0.15, 0.2) is 4.95 Å². The van der Waals surface area contributed by atoms with Crippen LogP contribution in [0.25, 0.3) is 0 Å². The molecule has 0 aliphatic carbocycles. The lowest BCUT2D eigenvalue weighted by Crippen LogP contribution is -1.83. The summed E-state index contributed by atoms with van der Waals surface area (Å²) in [5.41, 5.74) is 1.05. The van der Waals surface area contributed by atoms with Gasteiger partial charge < -0.3 is 0 Å². The van der Waals surface area contributed by atoms with Crippen molar-refractivity contribution >= 4 is 27.5 Å². The van der Waals surface area contributed by atoms with Crippen LogP contribution in [-0.4, -0.2) is 7.05 Å². The zero-order valence-corrected chi connectivity index (χ0v) is 8.88. The predicted octanol–water partition coefficient (Wildman–Crippen LogP) is 3.82. The van der Waals surface area contributed by atoms with Crippen molar-refractivity contribution in [3.05, 3.63) is 34.9 Å². The third-order valence-electron chi connectivity index (χ3n) is 1.36. The number of hydrogen-bond donors (Lipinski definition) is 0. The molecule has 0 spiro atoms. The van der Waals surface area contributed by atoms with E-state index in [1.165, 1.54) is 0 Å². The number of rotatable bonds is 2.